The van der Waals surface area contributed by atoms with E-state index in [9.17, 15) is 4.79 Å². The molecule has 1 atom stereocenters. The minimum absolute atomic E-state index is 0.0458. The van der Waals surface area contributed by atoms with Gasteiger partial charge in [0.25, 0.3) is 5.91 Å². The highest BCUT2D eigenvalue weighted by Crippen LogP contribution is 2.15. The minimum atomic E-state index is -0.0458. The summed E-state index contributed by atoms with van der Waals surface area (Å²) >= 11 is 0. The lowest BCUT2D eigenvalue weighted by Crippen LogP contribution is -2.54. The predicted octanol–water partition coefficient (Wildman–Crippen LogP) is 2.72. The number of carbonyl (C=O) groups excluding carboxylic acids is 1. The second-order valence-electron chi connectivity index (χ2n) is 7.00. The van der Waals surface area contributed by atoms with E-state index in [1.54, 1.807) is 19.2 Å². The summed E-state index contributed by atoms with van der Waals surface area (Å²) < 4.78 is 5.22. The maximum Gasteiger partial charge on any atom is 0.289 e. The third-order valence-corrected chi connectivity index (χ3v) is 5.02. The van der Waals surface area contributed by atoms with Crippen LogP contribution >= 0.6 is 0 Å². The topological polar surface area (TPSA) is 61.1 Å². The summed E-state index contributed by atoms with van der Waals surface area (Å²) in [6.07, 6.45) is 1.53. The Morgan fingerprint density at radius 2 is 1.81 bits per heavy atom. The molecule has 1 fully saturated rings. The van der Waals surface area contributed by atoms with Crippen molar-refractivity contribution in [3.63, 3.8) is 0 Å². The number of hydrogen-bond acceptors (Lipinski definition) is 3. The van der Waals surface area contributed by atoms with E-state index in [1.807, 2.05) is 4.90 Å². The summed E-state index contributed by atoms with van der Waals surface area (Å²) in [4.78, 5) is 20.8. The van der Waals surface area contributed by atoms with E-state index >= 15 is 0 Å². The van der Waals surface area contributed by atoms with Gasteiger partial charge in [-0.2, -0.15) is 0 Å². The van der Waals surface area contributed by atoms with Crippen molar-refractivity contribution >= 4 is 11.9 Å². The molecule has 1 N–H and O–H groups in total. The average molecular weight is 368 g/mol. The molecular formula is C21H28N4O2. The van der Waals surface area contributed by atoms with Gasteiger partial charge in [-0.05, 0) is 30.5 Å². The minimum Gasteiger partial charge on any atom is -0.459 e. The van der Waals surface area contributed by atoms with E-state index in [4.69, 9.17) is 4.42 Å². The first-order valence-corrected chi connectivity index (χ1v) is 9.43. The molecule has 1 aliphatic rings. The molecule has 1 aliphatic heterocycles. The number of nitrogens with zero attached hydrogens (tertiary/aromatic N) is 3. The van der Waals surface area contributed by atoms with Crippen LogP contribution in [0.25, 0.3) is 0 Å². The fourth-order valence-electron chi connectivity index (χ4n) is 3.27. The van der Waals surface area contributed by atoms with Gasteiger partial charge in [0, 0.05) is 39.8 Å². The van der Waals surface area contributed by atoms with Gasteiger partial charge in [-0.15, -0.1) is 0 Å². The van der Waals surface area contributed by atoms with Crippen molar-refractivity contribution in [1.29, 1.82) is 0 Å². The van der Waals surface area contributed by atoms with Gasteiger partial charge in [0.05, 0.1) is 6.26 Å². The molecule has 3 rings (SSSR count). The standard InChI is InChI=1S/C21H28N4O2/c1-16-6-8-18(9-7-16)17(2)15-23-21(22-3)25-12-10-24(11-13-25)20(26)19-5-4-14-27-19/h4-9,14,17H,10-13,15H2,1-3H3,(H,22,23). The largest absolute Gasteiger partial charge is 0.459 e. The molecule has 144 valence electrons. The lowest BCUT2D eigenvalue weighted by molar-refractivity contribution is 0.0657. The van der Waals surface area contributed by atoms with E-state index in [0.717, 1.165) is 25.6 Å². The van der Waals surface area contributed by atoms with Crippen LogP contribution in [0.4, 0.5) is 0 Å². The highest BCUT2D eigenvalue weighted by molar-refractivity contribution is 5.91. The molecule has 1 aromatic carbocycles. The third kappa shape index (κ3) is 4.70. The zero-order valence-corrected chi connectivity index (χ0v) is 16.3. The van der Waals surface area contributed by atoms with Crippen LogP contribution in [0.2, 0.25) is 0 Å². The quantitative estimate of drug-likeness (QED) is 0.666. The van der Waals surface area contributed by atoms with Crippen molar-refractivity contribution in [2.24, 2.45) is 4.99 Å². The van der Waals surface area contributed by atoms with Gasteiger partial charge in [0.1, 0.15) is 0 Å². The first-order chi connectivity index (χ1) is 13.1. The molecule has 2 aromatic rings. The van der Waals surface area contributed by atoms with E-state index < -0.39 is 0 Å². The highest BCUT2D eigenvalue weighted by atomic mass is 16.3. The Hall–Kier alpha value is -2.76. The molecule has 0 bridgehead atoms. The molecule has 27 heavy (non-hydrogen) atoms. The maximum absolute atomic E-state index is 12.4. The van der Waals surface area contributed by atoms with Crippen molar-refractivity contribution < 1.29 is 9.21 Å². The van der Waals surface area contributed by atoms with Crippen LogP contribution in [0, 0.1) is 6.92 Å². The molecule has 1 saturated heterocycles. The van der Waals surface area contributed by atoms with Gasteiger partial charge in [0.15, 0.2) is 11.7 Å². The number of furan rings is 1. The number of aliphatic imine (C=N–C) groups is 1. The maximum atomic E-state index is 12.4. The van der Waals surface area contributed by atoms with Crippen LogP contribution < -0.4 is 5.32 Å². The Kier molecular flexibility index (Phi) is 6.16. The zero-order valence-electron chi connectivity index (χ0n) is 16.3. The normalized spacial score (nSPS) is 16.3. The van der Waals surface area contributed by atoms with Gasteiger partial charge >= 0.3 is 0 Å². The van der Waals surface area contributed by atoms with Crippen molar-refractivity contribution in [2.45, 2.75) is 19.8 Å². The molecule has 0 radical (unpaired) electrons. The molecule has 0 saturated carbocycles. The number of guanidine groups is 1. The molecule has 2 heterocycles. The number of carbonyl (C=O) groups is 1. The Balaban J connectivity index is 1.50. The molecule has 1 aromatic heterocycles. The summed E-state index contributed by atoms with van der Waals surface area (Å²) in [5.41, 5.74) is 2.59. The summed E-state index contributed by atoms with van der Waals surface area (Å²) in [5.74, 6) is 1.64. The Morgan fingerprint density at radius 3 is 2.41 bits per heavy atom. The van der Waals surface area contributed by atoms with Crippen LogP contribution in [-0.2, 0) is 0 Å². The van der Waals surface area contributed by atoms with Crippen LogP contribution in [0.3, 0.4) is 0 Å². The number of rotatable bonds is 4. The van der Waals surface area contributed by atoms with Crippen molar-refractivity contribution in [1.82, 2.24) is 15.1 Å². The Bertz CT molecular complexity index is 760. The van der Waals surface area contributed by atoms with Gasteiger partial charge in [-0.25, -0.2) is 0 Å². The number of hydrogen-bond donors (Lipinski definition) is 1. The average Bonchev–Trinajstić information content (AvgIpc) is 3.23. The van der Waals surface area contributed by atoms with Crippen LogP contribution in [-0.4, -0.2) is 61.4 Å². The first-order valence-electron chi connectivity index (χ1n) is 9.43. The second kappa shape index (κ2) is 8.75. The molecule has 6 heteroatoms. The monoisotopic (exact) mass is 368 g/mol. The number of benzene rings is 1. The molecular weight excluding hydrogens is 340 g/mol. The number of nitrogens with one attached hydrogen (secondary N) is 1. The smallest absolute Gasteiger partial charge is 0.289 e. The van der Waals surface area contributed by atoms with Crippen molar-refractivity contribution in [2.75, 3.05) is 39.8 Å². The molecule has 6 nitrogen and oxygen atoms in total. The van der Waals surface area contributed by atoms with Gasteiger partial charge < -0.3 is 19.5 Å². The third-order valence-electron chi connectivity index (χ3n) is 5.02. The number of piperazine rings is 1. The highest BCUT2D eigenvalue weighted by Gasteiger charge is 2.25. The zero-order chi connectivity index (χ0) is 19.2. The Labute approximate surface area is 160 Å². The van der Waals surface area contributed by atoms with Crippen LogP contribution in [0.15, 0.2) is 52.1 Å². The van der Waals surface area contributed by atoms with Crippen LogP contribution in [0.5, 0.6) is 0 Å². The SMILES string of the molecule is CN=C(NCC(C)c1ccc(C)cc1)N1CCN(C(=O)c2ccco2)CC1. The molecule has 0 spiro atoms. The van der Waals surface area contributed by atoms with E-state index in [0.29, 0.717) is 24.8 Å². The lowest BCUT2D eigenvalue weighted by Gasteiger charge is -2.36. The number of aryl methyl sites for hydroxylation is 1. The van der Waals surface area contributed by atoms with Gasteiger partial charge in [0.2, 0.25) is 0 Å². The molecule has 0 aliphatic carbocycles. The van der Waals surface area contributed by atoms with Crippen LogP contribution in [0.1, 0.15) is 34.5 Å². The Morgan fingerprint density at radius 1 is 1.15 bits per heavy atom. The van der Waals surface area contributed by atoms with Gasteiger partial charge in [-0.3, -0.25) is 9.79 Å². The summed E-state index contributed by atoms with van der Waals surface area (Å²) in [6, 6.07) is 12.1. The fraction of sp³-hybridized carbons (Fsp3) is 0.429. The fourth-order valence-corrected chi connectivity index (χ4v) is 3.27. The predicted molar refractivity (Wildman–Crippen MR) is 107 cm³/mol. The molecule has 1 unspecified atom stereocenters. The first kappa shape index (κ1) is 19.0. The van der Waals surface area contributed by atoms with E-state index in [1.165, 1.54) is 17.4 Å². The number of amides is 1. The molecule has 1 amide bonds. The summed E-state index contributed by atoms with van der Waals surface area (Å²) in [7, 11) is 1.80. The van der Waals surface area contributed by atoms with E-state index in [-0.39, 0.29) is 5.91 Å². The van der Waals surface area contributed by atoms with E-state index in [2.05, 4.69) is 53.3 Å². The summed E-state index contributed by atoms with van der Waals surface area (Å²) in [6.45, 7) is 7.97. The van der Waals surface area contributed by atoms with Crippen molar-refractivity contribution in [3.05, 3.63) is 59.5 Å². The second-order valence-corrected chi connectivity index (χ2v) is 7.00. The lowest BCUT2D eigenvalue weighted by atomic mass is 10.0. The van der Waals surface area contributed by atoms with Crippen molar-refractivity contribution in [3.8, 4) is 0 Å². The summed E-state index contributed by atoms with van der Waals surface area (Å²) in [5, 5.41) is 3.48. The van der Waals surface area contributed by atoms with Gasteiger partial charge in [-0.1, -0.05) is 36.8 Å².